The number of aliphatic hydroxyl groups is 1. The average Bonchev–Trinajstić information content (AvgIpc) is 3.74. The molecule has 3 heterocycles. The third kappa shape index (κ3) is 9.70. The van der Waals surface area contributed by atoms with Gasteiger partial charge in [-0.3, -0.25) is 19.2 Å². The summed E-state index contributed by atoms with van der Waals surface area (Å²) in [5.41, 5.74) is -4.91. The molecule has 3 saturated heterocycles. The number of rotatable bonds is 17. The third-order valence-electron chi connectivity index (χ3n) is 12.3. The Kier molecular flexibility index (Phi) is 14.3. The molecule has 0 aromatic rings. The van der Waals surface area contributed by atoms with Crippen LogP contribution in [0.25, 0.3) is 0 Å². The van der Waals surface area contributed by atoms with E-state index >= 15 is 0 Å². The van der Waals surface area contributed by atoms with E-state index in [4.69, 9.17) is 28.4 Å². The molecule has 2 bridgehead atoms. The van der Waals surface area contributed by atoms with Gasteiger partial charge in [-0.25, -0.2) is 0 Å². The molecule has 0 radical (unpaired) electrons. The topological polar surface area (TPSA) is 147 Å². The molecule has 11 unspecified atom stereocenters. The molecule has 0 amide bonds. The zero-order valence-electron chi connectivity index (χ0n) is 33.5. The van der Waals surface area contributed by atoms with Crippen molar-refractivity contribution in [3.63, 3.8) is 0 Å². The minimum atomic E-state index is -1.53. The molecule has 1 saturated carbocycles. The van der Waals surface area contributed by atoms with Crippen molar-refractivity contribution in [2.45, 2.75) is 205 Å². The van der Waals surface area contributed by atoms with Gasteiger partial charge in [-0.1, -0.05) is 85.0 Å². The number of epoxide rings is 1. The second kappa shape index (κ2) is 17.5. The molecule has 11 atom stereocenters. The lowest BCUT2D eigenvalue weighted by Gasteiger charge is -2.53. The second-order valence-corrected chi connectivity index (χ2v) is 17.3. The van der Waals surface area contributed by atoms with Crippen molar-refractivity contribution in [3.8, 4) is 0 Å². The molecule has 0 aromatic heterocycles. The Bertz CT molecular complexity index is 1240. The summed E-state index contributed by atoms with van der Waals surface area (Å²) in [4.78, 5) is 51.2. The minimum absolute atomic E-state index is 0.0746. The van der Waals surface area contributed by atoms with Crippen LogP contribution in [-0.4, -0.2) is 82.4 Å². The van der Waals surface area contributed by atoms with Crippen molar-refractivity contribution in [3.05, 3.63) is 0 Å². The average molecular weight is 737 g/mol. The number of hydrogen-bond acceptors (Lipinski definition) is 11. The lowest BCUT2D eigenvalue weighted by Crippen LogP contribution is -2.66. The van der Waals surface area contributed by atoms with Gasteiger partial charge in [-0.05, 0) is 46.0 Å². The van der Waals surface area contributed by atoms with E-state index in [1.807, 2.05) is 27.7 Å². The van der Waals surface area contributed by atoms with Crippen molar-refractivity contribution >= 4 is 23.9 Å². The number of hydrogen-bond donors (Lipinski definition) is 1. The summed E-state index contributed by atoms with van der Waals surface area (Å²) in [6, 6.07) is 0. The highest BCUT2D eigenvalue weighted by Gasteiger charge is 2.79. The first kappa shape index (κ1) is 42.5. The molecule has 4 fully saturated rings. The Hall–Kier alpha value is -2.24. The summed E-state index contributed by atoms with van der Waals surface area (Å²) in [5, 5.41) is 12.3. The van der Waals surface area contributed by atoms with Crippen LogP contribution in [0.2, 0.25) is 0 Å². The van der Waals surface area contributed by atoms with Crippen LogP contribution in [0.1, 0.15) is 159 Å². The standard InChI is InChI=1S/C41H68O11/c1-10-11-12-13-14-15-16-17-18-19-20-21-31(45)50-30-22-23-39(8,51-29(6)44)36-33-32(26(2)3)34(48-27(4)42)37(49-28(5)43)41(25-47-41)35(33)40(9,52-36)24-38(30,7)46/h26,30,32-37,46H,10-25H2,1-9H3. The van der Waals surface area contributed by atoms with Gasteiger partial charge < -0.3 is 33.5 Å². The van der Waals surface area contributed by atoms with Crippen molar-refractivity contribution in [2.75, 3.05) is 6.61 Å². The first-order valence-electron chi connectivity index (χ1n) is 20.2. The normalized spacial score (nSPS) is 38.1. The lowest BCUT2D eigenvalue weighted by molar-refractivity contribution is -0.209. The molecule has 1 N–H and O–H groups in total. The second-order valence-electron chi connectivity index (χ2n) is 17.3. The van der Waals surface area contributed by atoms with Crippen molar-refractivity contribution < 1.29 is 52.7 Å². The summed E-state index contributed by atoms with van der Waals surface area (Å²) in [5.74, 6) is -3.17. The number of unbranched alkanes of at least 4 members (excludes halogenated alkanes) is 10. The lowest BCUT2D eigenvalue weighted by atomic mass is 9.53. The monoisotopic (exact) mass is 736 g/mol. The maximum Gasteiger partial charge on any atom is 0.306 e. The molecule has 1 aliphatic carbocycles. The van der Waals surface area contributed by atoms with Crippen LogP contribution in [0.3, 0.4) is 0 Å². The number of esters is 4. The van der Waals surface area contributed by atoms with Crippen molar-refractivity contribution in [1.29, 1.82) is 0 Å². The maximum atomic E-state index is 13.3. The van der Waals surface area contributed by atoms with Crippen LogP contribution < -0.4 is 0 Å². The number of carbonyl (C=O) groups is 4. The summed E-state index contributed by atoms with van der Waals surface area (Å²) in [6.45, 7) is 15.9. The summed E-state index contributed by atoms with van der Waals surface area (Å²) >= 11 is 0. The van der Waals surface area contributed by atoms with Crippen molar-refractivity contribution in [1.82, 2.24) is 0 Å². The number of ether oxygens (including phenoxy) is 6. The fourth-order valence-corrected chi connectivity index (χ4v) is 10.2. The Morgan fingerprint density at radius 2 is 1.37 bits per heavy atom. The molecule has 298 valence electrons. The van der Waals surface area contributed by atoms with Crippen LogP contribution in [0.5, 0.6) is 0 Å². The van der Waals surface area contributed by atoms with Gasteiger partial charge in [-0.2, -0.15) is 0 Å². The van der Waals surface area contributed by atoms with E-state index < -0.39 is 70.6 Å². The van der Waals surface area contributed by atoms with Crippen LogP contribution in [0.15, 0.2) is 0 Å². The van der Waals surface area contributed by atoms with E-state index in [1.165, 1.54) is 72.1 Å². The summed E-state index contributed by atoms with van der Waals surface area (Å²) in [7, 11) is 0. The number of fused-ring (bicyclic) bond motifs is 6. The largest absolute Gasteiger partial charge is 0.459 e. The third-order valence-corrected chi connectivity index (χ3v) is 12.3. The number of carbonyl (C=O) groups excluding carboxylic acids is 4. The fourth-order valence-electron chi connectivity index (χ4n) is 10.2. The zero-order valence-corrected chi connectivity index (χ0v) is 33.5. The van der Waals surface area contributed by atoms with E-state index in [-0.39, 0.29) is 56.0 Å². The Morgan fingerprint density at radius 1 is 0.808 bits per heavy atom. The van der Waals surface area contributed by atoms with Gasteiger partial charge in [-0.15, -0.1) is 0 Å². The molecule has 11 nitrogen and oxygen atoms in total. The highest BCUT2D eigenvalue weighted by Crippen LogP contribution is 2.66. The molecule has 0 aromatic carbocycles. The van der Waals surface area contributed by atoms with Crippen molar-refractivity contribution in [2.24, 2.45) is 23.7 Å². The van der Waals surface area contributed by atoms with Gasteiger partial charge in [0.25, 0.3) is 0 Å². The molecule has 3 aliphatic heterocycles. The van der Waals surface area contributed by atoms with E-state index in [0.29, 0.717) is 0 Å². The van der Waals surface area contributed by atoms with Crippen LogP contribution in [0.4, 0.5) is 0 Å². The quantitative estimate of drug-likeness (QED) is 0.0702. The first-order chi connectivity index (χ1) is 24.4. The molecule has 1 spiro atoms. The molecule has 52 heavy (non-hydrogen) atoms. The highest BCUT2D eigenvalue weighted by molar-refractivity contribution is 5.70. The van der Waals surface area contributed by atoms with Crippen LogP contribution in [-0.2, 0) is 47.6 Å². The zero-order chi connectivity index (χ0) is 38.5. The molecular formula is C41H68O11. The van der Waals surface area contributed by atoms with Crippen LogP contribution >= 0.6 is 0 Å². The Labute approximate surface area is 311 Å². The minimum Gasteiger partial charge on any atom is -0.459 e. The molecular weight excluding hydrogens is 668 g/mol. The van der Waals surface area contributed by atoms with E-state index in [2.05, 4.69) is 6.92 Å². The Morgan fingerprint density at radius 3 is 1.87 bits per heavy atom. The maximum absolute atomic E-state index is 13.3. The predicted molar refractivity (Wildman–Crippen MR) is 194 cm³/mol. The van der Waals surface area contributed by atoms with Crippen LogP contribution in [0, 0.1) is 23.7 Å². The van der Waals surface area contributed by atoms with Gasteiger partial charge in [0.1, 0.15) is 35.1 Å². The highest BCUT2D eigenvalue weighted by atomic mass is 16.7. The smallest absolute Gasteiger partial charge is 0.306 e. The van der Waals surface area contributed by atoms with Gasteiger partial charge in [0.05, 0.1) is 12.2 Å². The van der Waals surface area contributed by atoms with E-state index in [1.54, 1.807) is 6.92 Å². The Balaban J connectivity index is 1.56. The molecule has 11 heteroatoms. The van der Waals surface area contributed by atoms with Gasteiger partial charge in [0.2, 0.25) is 0 Å². The predicted octanol–water partition coefficient (Wildman–Crippen LogP) is 7.16. The van der Waals surface area contributed by atoms with Gasteiger partial charge in [0, 0.05) is 51.4 Å². The summed E-state index contributed by atoms with van der Waals surface area (Å²) < 4.78 is 37.6. The summed E-state index contributed by atoms with van der Waals surface area (Å²) in [6.07, 6.45) is 10.4. The van der Waals surface area contributed by atoms with E-state index in [9.17, 15) is 24.3 Å². The first-order valence-corrected chi connectivity index (χ1v) is 20.2. The van der Waals surface area contributed by atoms with Gasteiger partial charge in [0.15, 0.2) is 6.10 Å². The molecule has 4 rings (SSSR count). The van der Waals surface area contributed by atoms with E-state index in [0.717, 1.165) is 19.3 Å². The van der Waals surface area contributed by atoms with Gasteiger partial charge >= 0.3 is 23.9 Å². The fraction of sp³-hybridized carbons (Fsp3) is 0.902. The molecule has 4 aliphatic rings. The SMILES string of the molecule is CCCCCCCCCCCCCC(=O)OC1CCC(C)(OC(C)=O)C2OC(C)(CC1(C)O)C1C2C(C(C)C)C(OC(C)=O)C(OC(C)=O)C12CO2.